The summed E-state index contributed by atoms with van der Waals surface area (Å²) in [4.78, 5) is 27.5. The van der Waals surface area contributed by atoms with Crippen LogP contribution in [0.2, 0.25) is 4.34 Å². The van der Waals surface area contributed by atoms with Crippen LogP contribution in [0.5, 0.6) is 0 Å². The van der Waals surface area contributed by atoms with Crippen LogP contribution in [0, 0.1) is 12.8 Å². The van der Waals surface area contributed by atoms with Crippen LogP contribution < -0.4 is 4.90 Å². The molecule has 1 unspecified atom stereocenters. The number of nitrogens with zero attached hydrogens (tertiary/aromatic N) is 4. The standard InChI is InChI=1S/C20H25ClN4O2S2/c1-14-11-23-19(12-22-14)24-7-8-25(16(13-24)17-3-4-18(21)28-17)20(26)15-5-9-29(2,27)10-6-15/h3-4,11-12,15-16H,2,5-10,13H2,1H3. The van der Waals surface area contributed by atoms with Crippen molar-refractivity contribution in [3.05, 3.63) is 39.4 Å². The quantitative estimate of drug-likeness (QED) is 0.669. The Bertz CT molecular complexity index is 976. The lowest BCUT2D eigenvalue weighted by atomic mass is 9.98. The van der Waals surface area contributed by atoms with Gasteiger partial charge < -0.3 is 9.80 Å². The van der Waals surface area contributed by atoms with Gasteiger partial charge in [-0.1, -0.05) is 11.6 Å². The molecule has 0 bridgehead atoms. The van der Waals surface area contributed by atoms with Crippen LogP contribution in [-0.4, -0.2) is 62.0 Å². The third kappa shape index (κ3) is 4.59. The molecule has 2 aliphatic rings. The smallest absolute Gasteiger partial charge is 0.226 e. The minimum absolute atomic E-state index is 0.0741. The Morgan fingerprint density at radius 3 is 2.62 bits per heavy atom. The summed E-state index contributed by atoms with van der Waals surface area (Å²) in [6.45, 7) is 3.89. The van der Waals surface area contributed by atoms with E-state index in [1.807, 2.05) is 24.0 Å². The van der Waals surface area contributed by atoms with E-state index >= 15 is 0 Å². The van der Waals surface area contributed by atoms with E-state index in [0.717, 1.165) is 16.4 Å². The van der Waals surface area contributed by atoms with Crippen molar-refractivity contribution in [3.8, 4) is 0 Å². The second-order valence-electron chi connectivity index (χ2n) is 7.80. The number of thiophene rings is 1. The third-order valence-electron chi connectivity index (χ3n) is 5.70. The van der Waals surface area contributed by atoms with Gasteiger partial charge in [0.2, 0.25) is 5.91 Å². The van der Waals surface area contributed by atoms with Gasteiger partial charge in [-0.3, -0.25) is 14.0 Å². The topological polar surface area (TPSA) is 66.4 Å². The number of aromatic nitrogens is 2. The molecule has 156 valence electrons. The highest BCUT2D eigenvalue weighted by Gasteiger charge is 2.37. The Balaban J connectivity index is 1.56. The SMILES string of the molecule is C=S1(=O)CCC(C(=O)N2CCN(c3cnc(C)cn3)CC2c2ccc(Cl)s2)CC1. The summed E-state index contributed by atoms with van der Waals surface area (Å²) < 4.78 is 12.9. The molecule has 4 rings (SSSR count). The Kier molecular flexibility index (Phi) is 5.86. The predicted octanol–water partition coefficient (Wildman–Crippen LogP) is 3.02. The van der Waals surface area contributed by atoms with E-state index in [-0.39, 0.29) is 17.9 Å². The van der Waals surface area contributed by atoms with Crippen molar-refractivity contribution >= 4 is 50.1 Å². The predicted molar refractivity (Wildman–Crippen MR) is 120 cm³/mol. The van der Waals surface area contributed by atoms with Gasteiger partial charge in [0.15, 0.2) is 0 Å². The first-order chi connectivity index (χ1) is 13.8. The van der Waals surface area contributed by atoms with Crippen LogP contribution in [0.4, 0.5) is 5.82 Å². The first kappa shape index (κ1) is 20.6. The van der Waals surface area contributed by atoms with Crippen LogP contribution in [0.1, 0.15) is 29.5 Å². The van der Waals surface area contributed by atoms with Gasteiger partial charge in [-0.25, -0.2) is 4.98 Å². The average Bonchev–Trinajstić information content (AvgIpc) is 3.14. The first-order valence-electron chi connectivity index (χ1n) is 9.74. The molecule has 29 heavy (non-hydrogen) atoms. The fraction of sp³-hybridized carbons (Fsp3) is 0.500. The first-order valence-corrected chi connectivity index (χ1v) is 13.0. The Morgan fingerprint density at radius 2 is 2.00 bits per heavy atom. The molecular formula is C20H25ClN4O2S2. The summed E-state index contributed by atoms with van der Waals surface area (Å²) in [5, 5.41) is 0. The molecule has 9 heteroatoms. The summed E-state index contributed by atoms with van der Waals surface area (Å²) in [5.74, 6) is 5.81. The molecule has 0 spiro atoms. The van der Waals surface area contributed by atoms with E-state index in [1.54, 1.807) is 12.4 Å². The van der Waals surface area contributed by atoms with Crippen LogP contribution in [0.15, 0.2) is 24.5 Å². The minimum atomic E-state index is -2.00. The normalized spacial score (nSPS) is 27.8. The van der Waals surface area contributed by atoms with Gasteiger partial charge in [0, 0.05) is 41.9 Å². The van der Waals surface area contributed by atoms with Crippen molar-refractivity contribution in [2.24, 2.45) is 5.92 Å². The van der Waals surface area contributed by atoms with Gasteiger partial charge >= 0.3 is 0 Å². The molecule has 0 N–H and O–H groups in total. The van der Waals surface area contributed by atoms with Crippen LogP contribution in [0.25, 0.3) is 0 Å². The zero-order chi connectivity index (χ0) is 20.6. The van der Waals surface area contributed by atoms with Crippen molar-refractivity contribution in [3.63, 3.8) is 0 Å². The fourth-order valence-corrected chi connectivity index (χ4v) is 6.79. The minimum Gasteiger partial charge on any atom is -0.351 e. The van der Waals surface area contributed by atoms with Crippen LogP contribution in [-0.2, 0) is 14.3 Å². The van der Waals surface area contributed by atoms with Crippen molar-refractivity contribution in [2.75, 3.05) is 36.0 Å². The van der Waals surface area contributed by atoms with Crippen molar-refractivity contribution in [1.82, 2.24) is 14.9 Å². The van der Waals surface area contributed by atoms with E-state index in [2.05, 4.69) is 20.7 Å². The molecule has 2 aromatic rings. The molecular weight excluding hydrogens is 428 g/mol. The van der Waals surface area contributed by atoms with Crippen molar-refractivity contribution in [2.45, 2.75) is 25.8 Å². The molecule has 4 heterocycles. The number of anilines is 1. The maximum Gasteiger partial charge on any atom is 0.226 e. The fourth-order valence-electron chi connectivity index (χ4n) is 4.00. The lowest BCUT2D eigenvalue weighted by Gasteiger charge is -2.43. The van der Waals surface area contributed by atoms with E-state index < -0.39 is 9.52 Å². The van der Waals surface area contributed by atoms with E-state index in [9.17, 15) is 9.00 Å². The molecule has 0 saturated carbocycles. The third-order valence-corrected chi connectivity index (χ3v) is 8.99. The Hall–Kier alpha value is -1.64. The molecule has 6 nitrogen and oxygen atoms in total. The number of aryl methyl sites for hydroxylation is 1. The summed E-state index contributed by atoms with van der Waals surface area (Å²) in [6, 6.07) is 3.81. The van der Waals surface area contributed by atoms with Crippen LogP contribution in [0.3, 0.4) is 0 Å². The number of carbonyl (C=O) groups is 1. The number of piperazine rings is 1. The number of hydrogen-bond donors (Lipinski definition) is 0. The molecule has 2 aliphatic heterocycles. The van der Waals surface area contributed by atoms with Gasteiger partial charge in [0.1, 0.15) is 5.82 Å². The maximum atomic E-state index is 13.4. The Morgan fingerprint density at radius 1 is 1.24 bits per heavy atom. The number of carbonyl (C=O) groups excluding carboxylic acids is 1. The zero-order valence-corrected chi connectivity index (χ0v) is 18.8. The average molecular weight is 453 g/mol. The van der Waals surface area contributed by atoms with Gasteiger partial charge in [0.25, 0.3) is 0 Å². The summed E-state index contributed by atoms with van der Waals surface area (Å²) in [5.41, 5.74) is 0.878. The van der Waals surface area contributed by atoms with Gasteiger partial charge in [0.05, 0.1) is 28.5 Å². The van der Waals surface area contributed by atoms with Crippen molar-refractivity contribution < 1.29 is 9.00 Å². The monoisotopic (exact) mass is 452 g/mol. The number of halogens is 1. The molecule has 2 saturated heterocycles. The number of hydrogen-bond acceptors (Lipinski definition) is 6. The summed E-state index contributed by atoms with van der Waals surface area (Å²) >= 11 is 7.71. The Labute approximate surface area is 180 Å². The van der Waals surface area contributed by atoms with Gasteiger partial charge in [-0.2, -0.15) is 0 Å². The van der Waals surface area contributed by atoms with Crippen LogP contribution >= 0.6 is 22.9 Å². The largest absolute Gasteiger partial charge is 0.351 e. The maximum absolute atomic E-state index is 13.4. The highest BCUT2D eigenvalue weighted by atomic mass is 35.5. The van der Waals surface area contributed by atoms with Gasteiger partial charge in [-0.15, -0.1) is 11.3 Å². The second-order valence-corrected chi connectivity index (χ2v) is 12.3. The summed E-state index contributed by atoms with van der Waals surface area (Å²) in [7, 11) is -2.00. The second kappa shape index (κ2) is 8.24. The highest BCUT2D eigenvalue weighted by molar-refractivity contribution is 8.00. The highest BCUT2D eigenvalue weighted by Crippen LogP contribution is 2.36. The number of amides is 1. The molecule has 1 atom stereocenters. The van der Waals surface area contributed by atoms with E-state index in [1.165, 1.54) is 11.3 Å². The molecule has 1 amide bonds. The van der Waals surface area contributed by atoms with Gasteiger partial charge in [-0.05, 0) is 47.3 Å². The molecule has 0 radical (unpaired) electrons. The van der Waals surface area contributed by atoms with E-state index in [0.29, 0.717) is 48.3 Å². The molecule has 0 aliphatic carbocycles. The molecule has 0 aromatic carbocycles. The number of rotatable bonds is 3. The van der Waals surface area contributed by atoms with E-state index in [4.69, 9.17) is 11.6 Å². The lowest BCUT2D eigenvalue weighted by Crippen LogP contribution is -2.53. The molecule has 2 aromatic heterocycles. The zero-order valence-electron chi connectivity index (χ0n) is 16.4. The molecule has 2 fully saturated rings. The lowest BCUT2D eigenvalue weighted by molar-refractivity contribution is -0.138. The summed E-state index contributed by atoms with van der Waals surface area (Å²) in [6.07, 6.45) is 4.87. The van der Waals surface area contributed by atoms with Crippen molar-refractivity contribution in [1.29, 1.82) is 0 Å².